The van der Waals surface area contributed by atoms with E-state index >= 15 is 0 Å². The van der Waals surface area contributed by atoms with Crippen LogP contribution in [0.4, 0.5) is 5.69 Å². The Bertz CT molecular complexity index is 1360. The molecule has 208 valence electrons. The number of amides is 1. The molecule has 0 aliphatic heterocycles. The fourth-order valence-corrected chi connectivity index (χ4v) is 5.31. The number of carbonyl (C=O) groups is 1. The van der Waals surface area contributed by atoms with E-state index in [4.69, 9.17) is 9.47 Å². The summed E-state index contributed by atoms with van der Waals surface area (Å²) in [6.45, 7) is 8.85. The lowest BCUT2D eigenvalue weighted by molar-refractivity contribution is -0.113. The van der Waals surface area contributed by atoms with Crippen molar-refractivity contribution in [2.75, 3.05) is 18.0 Å². The Morgan fingerprint density at radius 3 is 2.28 bits per heavy atom. The van der Waals surface area contributed by atoms with Crippen LogP contribution in [0.15, 0.2) is 77.7 Å². The topological polar surface area (TPSA) is 72.9 Å². The van der Waals surface area contributed by atoms with Crippen LogP contribution < -0.4 is 13.8 Å². The maximum Gasteiger partial charge on any atom is 0.271 e. The van der Waals surface area contributed by atoms with Crippen LogP contribution in [0, 0.1) is 12.8 Å². The molecule has 1 amide bonds. The maximum absolute atomic E-state index is 13.7. The highest BCUT2D eigenvalue weighted by Crippen LogP contribution is 2.30. The van der Waals surface area contributed by atoms with Gasteiger partial charge in [-0.3, -0.25) is 4.79 Å². The van der Waals surface area contributed by atoms with Gasteiger partial charge in [-0.2, -0.15) is 4.31 Å². The second-order valence-electron chi connectivity index (χ2n) is 9.97. The lowest BCUT2D eigenvalue weighted by Gasteiger charge is -2.22. The normalized spacial score (nSPS) is 11.6. The first kappa shape index (κ1) is 30.0. The van der Waals surface area contributed by atoms with Crippen molar-refractivity contribution in [1.82, 2.24) is 0 Å². The highest BCUT2D eigenvalue weighted by Gasteiger charge is 2.29. The third kappa shape index (κ3) is 8.20. The summed E-state index contributed by atoms with van der Waals surface area (Å²) in [5.74, 6) is 1.01. The quantitative estimate of drug-likeness (QED) is 0.211. The molecule has 0 unspecified atom stereocenters. The molecule has 3 aromatic carbocycles. The van der Waals surface area contributed by atoms with E-state index < -0.39 is 15.9 Å². The summed E-state index contributed by atoms with van der Waals surface area (Å²) in [7, 11) is -2.59. The smallest absolute Gasteiger partial charge is 0.271 e. The number of aryl methyl sites for hydroxylation is 2. The van der Waals surface area contributed by atoms with E-state index in [2.05, 4.69) is 20.8 Å². The number of sulfonamides is 1. The number of nitrogens with zero attached hydrogens (tertiary/aromatic N) is 1. The fraction of sp³-hybridized carbons (Fsp3) is 0.344. The summed E-state index contributed by atoms with van der Waals surface area (Å²) in [5, 5.41) is 0. The zero-order chi connectivity index (χ0) is 28.4. The standard InChI is InChI=1S/C32H39NO5S/c1-6-7-8-26-11-15-28(16-12-26)33(39(35,36)29-17-9-25(4)10-18-29)32(34)20-14-27-13-19-30(31(23-27)37-5)38-22-21-24(2)3/h9-20,23-24H,6-8,21-22H2,1-5H3/b20-14+. The van der Waals surface area contributed by atoms with Gasteiger partial charge in [0.1, 0.15) is 0 Å². The average molecular weight is 550 g/mol. The monoisotopic (exact) mass is 549 g/mol. The van der Waals surface area contributed by atoms with Gasteiger partial charge in [-0.25, -0.2) is 8.42 Å². The molecule has 0 radical (unpaired) electrons. The van der Waals surface area contributed by atoms with Crippen LogP contribution in [0.5, 0.6) is 11.5 Å². The van der Waals surface area contributed by atoms with Crippen molar-refractivity contribution in [3.8, 4) is 11.5 Å². The number of benzene rings is 3. The van der Waals surface area contributed by atoms with Crippen molar-refractivity contribution in [2.45, 2.75) is 58.3 Å². The van der Waals surface area contributed by atoms with Crippen molar-refractivity contribution in [3.63, 3.8) is 0 Å². The molecule has 0 N–H and O–H groups in total. The van der Waals surface area contributed by atoms with E-state index in [1.807, 2.05) is 19.1 Å². The molecule has 0 heterocycles. The van der Waals surface area contributed by atoms with Crippen LogP contribution >= 0.6 is 0 Å². The predicted molar refractivity (Wildman–Crippen MR) is 158 cm³/mol. The molecular weight excluding hydrogens is 510 g/mol. The Labute approximate surface area is 233 Å². The fourth-order valence-electron chi connectivity index (χ4n) is 3.93. The van der Waals surface area contributed by atoms with Crippen molar-refractivity contribution < 1.29 is 22.7 Å². The second kappa shape index (κ2) is 14.0. The van der Waals surface area contributed by atoms with E-state index in [0.29, 0.717) is 29.6 Å². The first-order valence-electron chi connectivity index (χ1n) is 13.4. The molecule has 39 heavy (non-hydrogen) atoms. The summed E-state index contributed by atoms with van der Waals surface area (Å²) < 4.78 is 39.5. The molecule has 0 aromatic heterocycles. The SMILES string of the molecule is CCCCc1ccc(N(C(=O)/C=C/c2ccc(OCCC(C)C)c(OC)c2)S(=O)(=O)c2ccc(C)cc2)cc1. The van der Waals surface area contributed by atoms with E-state index in [0.717, 1.165) is 41.1 Å². The van der Waals surface area contributed by atoms with Crippen LogP contribution in [0.3, 0.4) is 0 Å². The molecule has 3 aromatic rings. The van der Waals surface area contributed by atoms with Gasteiger partial charge in [0.2, 0.25) is 0 Å². The second-order valence-corrected chi connectivity index (χ2v) is 11.8. The van der Waals surface area contributed by atoms with Gasteiger partial charge in [-0.05, 0) is 85.7 Å². The van der Waals surface area contributed by atoms with Gasteiger partial charge in [-0.15, -0.1) is 0 Å². The summed E-state index contributed by atoms with van der Waals surface area (Å²) >= 11 is 0. The van der Waals surface area contributed by atoms with Gasteiger partial charge >= 0.3 is 0 Å². The molecule has 7 heteroatoms. The van der Waals surface area contributed by atoms with Crippen LogP contribution in [-0.2, 0) is 21.2 Å². The maximum atomic E-state index is 13.7. The van der Waals surface area contributed by atoms with Gasteiger partial charge in [0.25, 0.3) is 15.9 Å². The molecule has 0 atom stereocenters. The number of methoxy groups -OCH3 is 1. The van der Waals surface area contributed by atoms with Crippen molar-refractivity contribution in [3.05, 3.63) is 89.5 Å². The first-order chi connectivity index (χ1) is 18.6. The van der Waals surface area contributed by atoms with E-state index in [-0.39, 0.29) is 10.6 Å². The molecule has 0 saturated carbocycles. The molecule has 0 aliphatic carbocycles. The number of hydrogen-bond donors (Lipinski definition) is 0. The predicted octanol–water partition coefficient (Wildman–Crippen LogP) is 7.21. The highest BCUT2D eigenvalue weighted by atomic mass is 32.2. The lowest BCUT2D eigenvalue weighted by atomic mass is 10.1. The summed E-state index contributed by atoms with van der Waals surface area (Å²) in [4.78, 5) is 13.5. The zero-order valence-corrected chi connectivity index (χ0v) is 24.3. The Morgan fingerprint density at radius 1 is 0.974 bits per heavy atom. The number of ether oxygens (including phenoxy) is 2. The molecule has 6 nitrogen and oxygen atoms in total. The molecule has 0 aliphatic rings. The Balaban J connectivity index is 1.92. The molecule has 0 fully saturated rings. The number of hydrogen-bond acceptors (Lipinski definition) is 5. The lowest BCUT2D eigenvalue weighted by Crippen LogP contribution is -2.35. The third-order valence-electron chi connectivity index (χ3n) is 6.31. The van der Waals surface area contributed by atoms with Crippen molar-refractivity contribution in [2.24, 2.45) is 5.92 Å². The summed E-state index contributed by atoms with van der Waals surface area (Å²) in [5.41, 5.74) is 2.99. The molecule has 0 bridgehead atoms. The average Bonchev–Trinajstić information content (AvgIpc) is 2.92. The molecule has 0 spiro atoms. The first-order valence-corrected chi connectivity index (χ1v) is 14.8. The number of rotatable bonds is 13. The van der Waals surface area contributed by atoms with E-state index in [9.17, 15) is 13.2 Å². The summed E-state index contributed by atoms with van der Waals surface area (Å²) in [6, 6.07) is 19.0. The molecular formula is C32H39NO5S. The summed E-state index contributed by atoms with van der Waals surface area (Å²) in [6.07, 6.45) is 6.77. The Kier molecular flexibility index (Phi) is 10.8. The third-order valence-corrected chi connectivity index (χ3v) is 8.05. The minimum absolute atomic E-state index is 0.0504. The number of anilines is 1. The van der Waals surface area contributed by atoms with Crippen molar-refractivity contribution in [1.29, 1.82) is 0 Å². The van der Waals surface area contributed by atoms with Crippen LogP contribution in [0.2, 0.25) is 0 Å². The van der Waals surface area contributed by atoms with Crippen LogP contribution in [0.25, 0.3) is 6.08 Å². The minimum atomic E-state index is -4.15. The number of carbonyl (C=O) groups excluding carboxylic acids is 1. The van der Waals surface area contributed by atoms with Gasteiger partial charge in [-0.1, -0.05) is 63.1 Å². The minimum Gasteiger partial charge on any atom is -0.493 e. The largest absolute Gasteiger partial charge is 0.493 e. The van der Waals surface area contributed by atoms with Gasteiger partial charge < -0.3 is 9.47 Å². The van der Waals surface area contributed by atoms with Gasteiger partial charge in [0, 0.05) is 6.08 Å². The Hall–Kier alpha value is -3.58. The van der Waals surface area contributed by atoms with Crippen LogP contribution in [0.1, 0.15) is 56.7 Å². The number of unbranched alkanes of at least 4 members (excludes halogenated alkanes) is 1. The van der Waals surface area contributed by atoms with Crippen molar-refractivity contribution >= 4 is 27.7 Å². The van der Waals surface area contributed by atoms with Gasteiger partial charge in [0.05, 0.1) is 24.3 Å². The van der Waals surface area contributed by atoms with E-state index in [1.165, 1.54) is 18.2 Å². The molecule has 3 rings (SSSR count). The zero-order valence-electron chi connectivity index (χ0n) is 23.5. The van der Waals surface area contributed by atoms with Crippen LogP contribution in [-0.4, -0.2) is 28.0 Å². The highest BCUT2D eigenvalue weighted by molar-refractivity contribution is 7.93. The van der Waals surface area contributed by atoms with E-state index in [1.54, 1.807) is 55.7 Å². The Morgan fingerprint density at radius 2 is 1.67 bits per heavy atom. The van der Waals surface area contributed by atoms with Gasteiger partial charge in [0.15, 0.2) is 11.5 Å². The molecule has 0 saturated heterocycles.